The van der Waals surface area contributed by atoms with Crippen LogP contribution in [0.1, 0.15) is 42.1 Å². The highest BCUT2D eigenvalue weighted by molar-refractivity contribution is 7.89. The van der Waals surface area contributed by atoms with Gasteiger partial charge in [0.05, 0.1) is 16.1 Å². The summed E-state index contributed by atoms with van der Waals surface area (Å²) in [6.07, 6.45) is 4.53. The van der Waals surface area contributed by atoms with E-state index in [9.17, 15) is 13.2 Å². The molecule has 0 bridgehead atoms. The predicted molar refractivity (Wildman–Crippen MR) is 118 cm³/mol. The summed E-state index contributed by atoms with van der Waals surface area (Å²) in [5.41, 5.74) is 2.95. The van der Waals surface area contributed by atoms with Crippen molar-refractivity contribution in [1.82, 2.24) is 9.29 Å². The average molecular weight is 424 g/mol. The lowest BCUT2D eigenvalue weighted by molar-refractivity contribution is 0.102. The first-order valence-electron chi connectivity index (χ1n) is 10.2. The van der Waals surface area contributed by atoms with Crippen molar-refractivity contribution < 1.29 is 13.2 Å². The number of rotatable bonds is 4. The van der Waals surface area contributed by atoms with Crippen LogP contribution in [0.25, 0.3) is 10.9 Å². The summed E-state index contributed by atoms with van der Waals surface area (Å²) in [5.74, 6) is -0.292. The summed E-state index contributed by atoms with van der Waals surface area (Å²) in [5, 5.41) is 3.78. The van der Waals surface area contributed by atoms with E-state index < -0.39 is 10.0 Å². The van der Waals surface area contributed by atoms with Gasteiger partial charge in [-0.15, -0.1) is 0 Å². The van der Waals surface area contributed by atoms with Crippen molar-refractivity contribution in [2.75, 3.05) is 11.9 Å². The Balaban J connectivity index is 1.56. The maximum Gasteiger partial charge on any atom is 0.255 e. The van der Waals surface area contributed by atoms with Crippen LogP contribution >= 0.6 is 0 Å². The second kappa shape index (κ2) is 8.16. The Hall–Kier alpha value is -2.77. The number of hydrogen-bond donors (Lipinski definition) is 1. The van der Waals surface area contributed by atoms with Crippen LogP contribution in [0.3, 0.4) is 0 Å². The third-order valence-electron chi connectivity index (χ3n) is 5.68. The molecule has 1 aromatic heterocycles. The van der Waals surface area contributed by atoms with Gasteiger partial charge in [-0.2, -0.15) is 4.31 Å². The van der Waals surface area contributed by atoms with Gasteiger partial charge in [-0.25, -0.2) is 8.42 Å². The normalized spacial score (nSPS) is 17.7. The summed E-state index contributed by atoms with van der Waals surface area (Å²) in [4.78, 5) is 17.4. The topological polar surface area (TPSA) is 79.4 Å². The monoisotopic (exact) mass is 423 g/mol. The lowest BCUT2D eigenvalue weighted by atomic mass is 10.1. The zero-order valence-corrected chi connectivity index (χ0v) is 17.9. The molecule has 30 heavy (non-hydrogen) atoms. The molecule has 0 aliphatic carbocycles. The van der Waals surface area contributed by atoms with Crippen molar-refractivity contribution in [3.05, 3.63) is 65.9 Å². The van der Waals surface area contributed by atoms with Crippen LogP contribution in [-0.4, -0.2) is 36.2 Å². The number of amides is 1. The van der Waals surface area contributed by atoms with Crippen LogP contribution in [-0.2, 0) is 10.0 Å². The van der Waals surface area contributed by atoms with Gasteiger partial charge in [0.1, 0.15) is 0 Å². The molecule has 0 spiro atoms. The van der Waals surface area contributed by atoms with Gasteiger partial charge >= 0.3 is 0 Å². The number of aromatic nitrogens is 1. The van der Waals surface area contributed by atoms with Gasteiger partial charge in [0.15, 0.2) is 0 Å². The maximum atomic E-state index is 13.0. The number of anilines is 1. The first kappa shape index (κ1) is 20.5. The Morgan fingerprint density at radius 1 is 1.10 bits per heavy atom. The molecule has 1 N–H and O–H groups in total. The third-order valence-corrected chi connectivity index (χ3v) is 7.71. The third kappa shape index (κ3) is 3.82. The molecule has 6 nitrogen and oxygen atoms in total. The molecule has 1 saturated heterocycles. The molecule has 1 aliphatic heterocycles. The van der Waals surface area contributed by atoms with E-state index in [0.29, 0.717) is 17.8 Å². The number of aryl methyl sites for hydroxylation is 1. The first-order chi connectivity index (χ1) is 14.4. The molecule has 2 aromatic carbocycles. The van der Waals surface area contributed by atoms with Gasteiger partial charge in [0.25, 0.3) is 5.91 Å². The highest BCUT2D eigenvalue weighted by atomic mass is 32.2. The first-order valence-corrected chi connectivity index (χ1v) is 11.6. The molecular weight excluding hydrogens is 398 g/mol. The molecular formula is C23H25N3O3S. The minimum Gasteiger partial charge on any atom is -0.321 e. The molecule has 1 aliphatic rings. The predicted octanol–water partition coefficient (Wildman–Crippen LogP) is 4.36. The van der Waals surface area contributed by atoms with Gasteiger partial charge < -0.3 is 5.32 Å². The highest BCUT2D eigenvalue weighted by Crippen LogP contribution is 2.27. The number of sulfonamides is 1. The number of carbonyl (C=O) groups excluding carboxylic acids is 1. The Morgan fingerprint density at radius 2 is 1.87 bits per heavy atom. The van der Waals surface area contributed by atoms with E-state index in [2.05, 4.69) is 10.3 Å². The Kier molecular flexibility index (Phi) is 5.58. The Labute approximate surface area is 177 Å². The molecule has 1 unspecified atom stereocenters. The number of nitrogens with zero attached hydrogens (tertiary/aromatic N) is 2. The largest absolute Gasteiger partial charge is 0.321 e. The molecule has 7 heteroatoms. The van der Waals surface area contributed by atoms with E-state index >= 15 is 0 Å². The van der Waals surface area contributed by atoms with Gasteiger partial charge in [0, 0.05) is 29.7 Å². The van der Waals surface area contributed by atoms with E-state index in [1.165, 1.54) is 12.1 Å². The fourth-order valence-corrected chi connectivity index (χ4v) is 5.66. The second-order valence-electron chi connectivity index (χ2n) is 7.77. The van der Waals surface area contributed by atoms with E-state index in [-0.39, 0.29) is 16.8 Å². The maximum absolute atomic E-state index is 13.0. The van der Waals surface area contributed by atoms with Crippen LogP contribution < -0.4 is 5.32 Å². The zero-order chi connectivity index (χ0) is 21.3. The van der Waals surface area contributed by atoms with Crippen LogP contribution in [0.5, 0.6) is 0 Å². The summed E-state index contributed by atoms with van der Waals surface area (Å²) in [7, 11) is -3.55. The zero-order valence-electron chi connectivity index (χ0n) is 17.1. The Morgan fingerprint density at radius 3 is 2.60 bits per heavy atom. The molecule has 0 saturated carbocycles. The fourth-order valence-electron chi connectivity index (χ4n) is 3.96. The number of pyridine rings is 1. The standard InChI is InChI=1S/C23H25N3O3S/c1-16-8-13-21(20-7-5-14-24-22(16)20)25-23(27)18-9-11-19(12-10-18)30(28,29)26-15-4-3-6-17(26)2/h5,7-14,17H,3-4,6,15H2,1-2H3,(H,25,27). The number of piperidine rings is 1. The van der Waals surface area contributed by atoms with Gasteiger partial charge in [-0.05, 0) is 74.7 Å². The summed E-state index contributed by atoms with van der Waals surface area (Å²) >= 11 is 0. The quantitative estimate of drug-likeness (QED) is 0.676. The lowest BCUT2D eigenvalue weighted by Gasteiger charge is -2.32. The number of hydrogen-bond acceptors (Lipinski definition) is 4. The van der Waals surface area contributed by atoms with Crippen LogP contribution in [0.2, 0.25) is 0 Å². The van der Waals surface area contributed by atoms with Crippen molar-refractivity contribution >= 4 is 32.5 Å². The second-order valence-corrected chi connectivity index (χ2v) is 9.66. The molecule has 156 valence electrons. The molecule has 1 amide bonds. The summed E-state index contributed by atoms with van der Waals surface area (Å²) in [6, 6.07) is 13.7. The van der Waals surface area contributed by atoms with Crippen molar-refractivity contribution in [2.24, 2.45) is 0 Å². The van der Waals surface area contributed by atoms with Crippen molar-refractivity contribution in [1.29, 1.82) is 0 Å². The Bertz CT molecular complexity index is 1190. The molecule has 4 rings (SSSR count). The fraction of sp³-hybridized carbons (Fsp3) is 0.304. The van der Waals surface area contributed by atoms with Crippen LogP contribution in [0.4, 0.5) is 5.69 Å². The smallest absolute Gasteiger partial charge is 0.255 e. The number of carbonyl (C=O) groups is 1. The van der Waals surface area contributed by atoms with Crippen molar-refractivity contribution in [3.63, 3.8) is 0 Å². The van der Waals surface area contributed by atoms with Gasteiger partial charge in [0.2, 0.25) is 10.0 Å². The van der Waals surface area contributed by atoms with E-state index in [1.807, 2.05) is 38.1 Å². The van der Waals surface area contributed by atoms with E-state index in [1.54, 1.807) is 22.6 Å². The molecule has 1 fully saturated rings. The van der Waals surface area contributed by atoms with Gasteiger partial charge in [-0.1, -0.05) is 12.5 Å². The summed E-state index contributed by atoms with van der Waals surface area (Å²) in [6.45, 7) is 4.46. The minimum atomic E-state index is -3.55. The van der Waals surface area contributed by atoms with Crippen molar-refractivity contribution in [2.45, 2.75) is 44.0 Å². The molecule has 1 atom stereocenters. The number of nitrogens with one attached hydrogen (secondary N) is 1. The molecule has 2 heterocycles. The van der Waals surface area contributed by atoms with Crippen molar-refractivity contribution in [3.8, 4) is 0 Å². The SMILES string of the molecule is Cc1ccc(NC(=O)c2ccc(S(=O)(=O)N3CCCCC3C)cc2)c2cccnc12. The highest BCUT2D eigenvalue weighted by Gasteiger charge is 2.30. The molecule has 0 radical (unpaired) electrons. The van der Waals surface area contributed by atoms with E-state index in [0.717, 1.165) is 35.7 Å². The summed E-state index contributed by atoms with van der Waals surface area (Å²) < 4.78 is 27.5. The van der Waals surface area contributed by atoms with Crippen LogP contribution in [0, 0.1) is 6.92 Å². The number of benzene rings is 2. The lowest BCUT2D eigenvalue weighted by Crippen LogP contribution is -2.41. The molecule has 3 aromatic rings. The average Bonchev–Trinajstić information content (AvgIpc) is 2.76. The number of fused-ring (bicyclic) bond motifs is 1. The van der Waals surface area contributed by atoms with Gasteiger partial charge in [-0.3, -0.25) is 9.78 Å². The van der Waals surface area contributed by atoms with Crippen LogP contribution in [0.15, 0.2) is 59.6 Å². The minimum absolute atomic E-state index is 0.00449. The van der Waals surface area contributed by atoms with E-state index in [4.69, 9.17) is 0 Å².